The van der Waals surface area contributed by atoms with Gasteiger partial charge in [0.2, 0.25) is 0 Å². The Morgan fingerprint density at radius 2 is 1.75 bits per heavy atom. The first-order valence-electron chi connectivity index (χ1n) is 8.47. The summed E-state index contributed by atoms with van der Waals surface area (Å²) in [5, 5.41) is 6.40. The van der Waals surface area contributed by atoms with Crippen LogP contribution in [0.5, 0.6) is 5.75 Å². The van der Waals surface area contributed by atoms with Crippen molar-refractivity contribution in [2.75, 3.05) is 17.2 Å². The predicted molar refractivity (Wildman–Crippen MR) is 113 cm³/mol. The minimum absolute atomic E-state index is 0.121. The maximum Gasteiger partial charge on any atom is 0.262 e. The van der Waals surface area contributed by atoms with Gasteiger partial charge in [-0.3, -0.25) is 4.79 Å². The van der Waals surface area contributed by atoms with Gasteiger partial charge >= 0.3 is 0 Å². The Kier molecular flexibility index (Phi) is 6.90. The molecular weight excluding hydrogens is 447 g/mol. The summed E-state index contributed by atoms with van der Waals surface area (Å²) >= 11 is 9.58. The van der Waals surface area contributed by atoms with Gasteiger partial charge in [-0.15, -0.1) is 0 Å². The number of hydrogen-bond donors (Lipinski definition) is 2. The van der Waals surface area contributed by atoms with Crippen molar-refractivity contribution in [2.45, 2.75) is 6.54 Å². The van der Waals surface area contributed by atoms with Gasteiger partial charge in [0.15, 0.2) is 6.61 Å². The van der Waals surface area contributed by atoms with Gasteiger partial charge in [-0.05, 0) is 57.9 Å². The molecular formula is C21H17BrClFN2O2. The molecule has 0 aliphatic carbocycles. The van der Waals surface area contributed by atoms with Crippen LogP contribution in [0.15, 0.2) is 71.2 Å². The summed E-state index contributed by atoms with van der Waals surface area (Å²) in [6.07, 6.45) is 0. The Hall–Kier alpha value is -2.57. The van der Waals surface area contributed by atoms with Crippen LogP contribution in [0.1, 0.15) is 5.56 Å². The van der Waals surface area contributed by atoms with Gasteiger partial charge in [0.25, 0.3) is 5.91 Å². The van der Waals surface area contributed by atoms with Crippen LogP contribution in [0, 0.1) is 5.82 Å². The van der Waals surface area contributed by atoms with Gasteiger partial charge in [-0.1, -0.05) is 41.9 Å². The smallest absolute Gasteiger partial charge is 0.262 e. The fourth-order valence-electron chi connectivity index (χ4n) is 2.47. The van der Waals surface area contributed by atoms with E-state index in [1.807, 2.05) is 36.4 Å². The van der Waals surface area contributed by atoms with Crippen LogP contribution in [0.3, 0.4) is 0 Å². The van der Waals surface area contributed by atoms with Gasteiger partial charge in [-0.2, -0.15) is 0 Å². The van der Waals surface area contributed by atoms with E-state index < -0.39 is 11.7 Å². The minimum atomic E-state index is -0.493. The van der Waals surface area contributed by atoms with Crippen LogP contribution in [0.2, 0.25) is 5.02 Å². The molecule has 4 nitrogen and oxygen atoms in total. The highest BCUT2D eigenvalue weighted by atomic mass is 79.9. The maximum atomic E-state index is 13.6. The summed E-state index contributed by atoms with van der Waals surface area (Å²) in [6.45, 7) is 0.348. The molecule has 7 heteroatoms. The van der Waals surface area contributed by atoms with E-state index in [0.29, 0.717) is 21.8 Å². The molecule has 0 heterocycles. The second-order valence-electron chi connectivity index (χ2n) is 5.91. The number of carbonyl (C=O) groups excluding carboxylic acids is 1. The van der Waals surface area contributed by atoms with Crippen molar-refractivity contribution in [3.8, 4) is 5.75 Å². The normalized spacial score (nSPS) is 10.4. The molecule has 2 N–H and O–H groups in total. The molecule has 0 radical (unpaired) electrons. The molecule has 0 bridgehead atoms. The summed E-state index contributed by atoms with van der Waals surface area (Å²) in [6, 6.07) is 19.0. The summed E-state index contributed by atoms with van der Waals surface area (Å²) in [5.74, 6) is -0.418. The fourth-order valence-corrected chi connectivity index (χ4v) is 3.21. The third-order valence-electron chi connectivity index (χ3n) is 3.86. The average Bonchev–Trinajstić information content (AvgIpc) is 2.68. The molecule has 0 aliphatic heterocycles. The second-order valence-corrected chi connectivity index (χ2v) is 7.18. The topological polar surface area (TPSA) is 50.4 Å². The third-order valence-corrected chi connectivity index (χ3v) is 4.81. The molecule has 0 unspecified atom stereocenters. The highest BCUT2D eigenvalue weighted by Gasteiger charge is 2.09. The van der Waals surface area contributed by atoms with E-state index in [9.17, 15) is 9.18 Å². The number of carbonyl (C=O) groups is 1. The molecule has 0 saturated carbocycles. The van der Waals surface area contributed by atoms with Crippen molar-refractivity contribution in [3.05, 3.63) is 87.6 Å². The molecule has 0 saturated heterocycles. The largest absolute Gasteiger partial charge is 0.483 e. The molecule has 0 aromatic heterocycles. The second kappa shape index (κ2) is 9.57. The predicted octanol–water partition coefficient (Wildman–Crippen LogP) is 5.87. The summed E-state index contributed by atoms with van der Waals surface area (Å²) in [7, 11) is 0. The Morgan fingerprint density at radius 1 is 1.04 bits per heavy atom. The van der Waals surface area contributed by atoms with Crippen molar-refractivity contribution in [3.63, 3.8) is 0 Å². The zero-order valence-corrected chi connectivity index (χ0v) is 17.1. The standard InChI is InChI=1S/C21H17BrClFN2O2/c22-15-11-14(12-25-18-7-3-1-5-16(18)23)9-10-20(15)28-13-21(27)26-19-8-4-2-6-17(19)24/h1-11,25H,12-13H2,(H,26,27). The Labute approximate surface area is 175 Å². The van der Waals surface area contributed by atoms with Gasteiger partial charge in [0.1, 0.15) is 11.6 Å². The highest BCUT2D eigenvalue weighted by Crippen LogP contribution is 2.27. The quantitative estimate of drug-likeness (QED) is 0.461. The van der Waals surface area contributed by atoms with E-state index in [-0.39, 0.29) is 12.3 Å². The number of halogens is 3. The number of hydrogen-bond acceptors (Lipinski definition) is 3. The summed E-state index contributed by atoms with van der Waals surface area (Å²) < 4.78 is 19.8. The summed E-state index contributed by atoms with van der Waals surface area (Å²) in [4.78, 5) is 12.0. The maximum absolute atomic E-state index is 13.6. The number of nitrogens with one attached hydrogen (secondary N) is 2. The lowest BCUT2D eigenvalue weighted by Gasteiger charge is -2.12. The van der Waals surface area contributed by atoms with Crippen LogP contribution in [-0.4, -0.2) is 12.5 Å². The van der Waals surface area contributed by atoms with E-state index in [1.165, 1.54) is 12.1 Å². The first kappa shape index (κ1) is 20.2. The highest BCUT2D eigenvalue weighted by molar-refractivity contribution is 9.10. The fraction of sp³-hybridized carbons (Fsp3) is 0.0952. The van der Waals surface area contributed by atoms with E-state index in [2.05, 4.69) is 26.6 Å². The van der Waals surface area contributed by atoms with Crippen LogP contribution in [-0.2, 0) is 11.3 Å². The van der Waals surface area contributed by atoms with Gasteiger partial charge in [0, 0.05) is 6.54 Å². The molecule has 0 fully saturated rings. The number of ether oxygens (including phenoxy) is 1. The van der Waals surface area contributed by atoms with Crippen LogP contribution in [0.4, 0.5) is 15.8 Å². The lowest BCUT2D eigenvalue weighted by atomic mass is 10.2. The number of anilines is 2. The first-order valence-corrected chi connectivity index (χ1v) is 9.64. The third kappa shape index (κ3) is 5.47. The minimum Gasteiger partial charge on any atom is -0.483 e. The molecule has 3 aromatic rings. The van der Waals surface area contributed by atoms with Crippen LogP contribution >= 0.6 is 27.5 Å². The van der Waals surface area contributed by atoms with Crippen molar-refractivity contribution >= 4 is 44.8 Å². The van der Waals surface area contributed by atoms with E-state index in [4.69, 9.17) is 16.3 Å². The van der Waals surface area contributed by atoms with Crippen molar-refractivity contribution < 1.29 is 13.9 Å². The number of rotatable bonds is 7. The van der Waals surface area contributed by atoms with Crippen molar-refractivity contribution in [1.29, 1.82) is 0 Å². The lowest BCUT2D eigenvalue weighted by Crippen LogP contribution is -2.20. The van der Waals surface area contributed by atoms with Gasteiger partial charge in [-0.25, -0.2) is 4.39 Å². The molecule has 28 heavy (non-hydrogen) atoms. The molecule has 3 aromatic carbocycles. The Bertz CT molecular complexity index is 984. The lowest BCUT2D eigenvalue weighted by molar-refractivity contribution is -0.118. The number of amides is 1. The van der Waals surface area contributed by atoms with Gasteiger partial charge in [0.05, 0.1) is 20.9 Å². The van der Waals surface area contributed by atoms with Crippen LogP contribution in [0.25, 0.3) is 0 Å². The zero-order chi connectivity index (χ0) is 19.9. The molecule has 144 valence electrons. The first-order chi connectivity index (χ1) is 13.5. The zero-order valence-electron chi connectivity index (χ0n) is 14.7. The van der Waals surface area contributed by atoms with Crippen molar-refractivity contribution in [1.82, 2.24) is 0 Å². The Morgan fingerprint density at radius 3 is 2.46 bits per heavy atom. The van der Waals surface area contributed by atoms with Crippen LogP contribution < -0.4 is 15.4 Å². The van der Waals surface area contributed by atoms with E-state index >= 15 is 0 Å². The average molecular weight is 464 g/mol. The van der Waals surface area contributed by atoms with E-state index in [1.54, 1.807) is 18.2 Å². The molecule has 1 amide bonds. The van der Waals surface area contributed by atoms with Crippen molar-refractivity contribution in [2.24, 2.45) is 0 Å². The molecule has 0 atom stereocenters. The van der Waals surface area contributed by atoms with E-state index in [0.717, 1.165) is 11.3 Å². The SMILES string of the molecule is O=C(COc1ccc(CNc2ccccc2Cl)cc1Br)Nc1ccccc1F. The number of benzene rings is 3. The molecule has 3 rings (SSSR count). The Balaban J connectivity index is 1.54. The molecule has 0 aliphatic rings. The molecule has 0 spiro atoms. The summed E-state index contributed by atoms with van der Waals surface area (Å²) in [5.41, 5.74) is 1.98. The van der Waals surface area contributed by atoms with Gasteiger partial charge < -0.3 is 15.4 Å². The monoisotopic (exact) mass is 462 g/mol. The number of para-hydroxylation sites is 2.